The van der Waals surface area contributed by atoms with Crippen LogP contribution in [-0.2, 0) is 13.1 Å². The maximum Gasteiger partial charge on any atom is 0.0436 e. The standard InChI is InChI=1S/C16H16IN/c1-11-7-13-9-18(10-14(13)8-12(11)2)16-5-3-15(17)4-6-16/h3-8H,9-10H2,1-2H3. The zero-order valence-electron chi connectivity index (χ0n) is 10.7. The highest BCUT2D eigenvalue weighted by atomic mass is 127. The fourth-order valence-electron chi connectivity index (χ4n) is 2.53. The molecule has 2 aromatic rings. The van der Waals surface area contributed by atoms with Crippen molar-refractivity contribution in [1.82, 2.24) is 0 Å². The Labute approximate surface area is 122 Å². The van der Waals surface area contributed by atoms with E-state index in [9.17, 15) is 0 Å². The van der Waals surface area contributed by atoms with Crippen molar-refractivity contribution in [2.24, 2.45) is 0 Å². The summed E-state index contributed by atoms with van der Waals surface area (Å²) in [4.78, 5) is 2.44. The zero-order valence-corrected chi connectivity index (χ0v) is 12.9. The monoisotopic (exact) mass is 349 g/mol. The molecule has 0 radical (unpaired) electrons. The van der Waals surface area contributed by atoms with Crippen molar-refractivity contribution < 1.29 is 0 Å². The van der Waals surface area contributed by atoms with Gasteiger partial charge in [-0.05, 0) is 83.0 Å². The van der Waals surface area contributed by atoms with Gasteiger partial charge in [-0.15, -0.1) is 0 Å². The summed E-state index contributed by atoms with van der Waals surface area (Å²) in [5, 5.41) is 0. The summed E-state index contributed by atoms with van der Waals surface area (Å²) >= 11 is 2.35. The number of halogens is 1. The molecule has 0 fully saturated rings. The van der Waals surface area contributed by atoms with Gasteiger partial charge in [-0.1, -0.05) is 12.1 Å². The Balaban J connectivity index is 1.91. The first-order valence-corrected chi connectivity index (χ1v) is 7.31. The van der Waals surface area contributed by atoms with E-state index in [0.717, 1.165) is 13.1 Å². The lowest BCUT2D eigenvalue weighted by atomic mass is 10.0. The minimum absolute atomic E-state index is 1.04. The van der Waals surface area contributed by atoms with Gasteiger partial charge in [0.1, 0.15) is 0 Å². The first-order valence-electron chi connectivity index (χ1n) is 6.23. The first-order chi connectivity index (χ1) is 8.63. The summed E-state index contributed by atoms with van der Waals surface area (Å²) in [7, 11) is 0. The molecule has 3 rings (SSSR count). The second-order valence-electron chi connectivity index (χ2n) is 5.04. The number of benzene rings is 2. The Morgan fingerprint density at radius 1 is 0.889 bits per heavy atom. The van der Waals surface area contributed by atoms with Gasteiger partial charge >= 0.3 is 0 Å². The van der Waals surface area contributed by atoms with E-state index in [0.29, 0.717) is 0 Å². The van der Waals surface area contributed by atoms with Crippen LogP contribution in [0.1, 0.15) is 22.3 Å². The summed E-state index contributed by atoms with van der Waals surface area (Å²) in [6.45, 7) is 6.47. The summed E-state index contributed by atoms with van der Waals surface area (Å²) in [5.41, 5.74) is 7.09. The van der Waals surface area contributed by atoms with E-state index in [4.69, 9.17) is 0 Å². The van der Waals surface area contributed by atoms with Gasteiger partial charge in [0.2, 0.25) is 0 Å². The predicted octanol–water partition coefficient (Wildman–Crippen LogP) is 4.43. The smallest absolute Gasteiger partial charge is 0.0436 e. The fraction of sp³-hybridized carbons (Fsp3) is 0.250. The fourth-order valence-corrected chi connectivity index (χ4v) is 2.89. The Kier molecular flexibility index (Phi) is 3.06. The molecule has 1 aliphatic rings. The lowest BCUT2D eigenvalue weighted by molar-refractivity contribution is 0.880. The van der Waals surface area contributed by atoms with E-state index in [1.54, 1.807) is 0 Å². The third-order valence-electron chi connectivity index (χ3n) is 3.73. The van der Waals surface area contributed by atoms with Gasteiger partial charge in [-0.3, -0.25) is 0 Å². The molecular formula is C16H16IN. The molecule has 2 heteroatoms. The minimum Gasteiger partial charge on any atom is -0.363 e. The molecule has 1 nitrogen and oxygen atoms in total. The molecule has 92 valence electrons. The van der Waals surface area contributed by atoms with Gasteiger partial charge in [0.05, 0.1) is 0 Å². The van der Waals surface area contributed by atoms with E-state index in [1.165, 1.54) is 31.5 Å². The molecule has 0 aliphatic carbocycles. The number of fused-ring (bicyclic) bond motifs is 1. The SMILES string of the molecule is Cc1cc2c(cc1C)CN(c1ccc(I)cc1)C2. The van der Waals surface area contributed by atoms with E-state index in [1.807, 2.05) is 0 Å². The molecule has 1 heterocycles. The maximum absolute atomic E-state index is 2.44. The number of rotatable bonds is 1. The van der Waals surface area contributed by atoms with Crippen LogP contribution in [0.25, 0.3) is 0 Å². The molecule has 18 heavy (non-hydrogen) atoms. The average molecular weight is 349 g/mol. The molecule has 0 amide bonds. The van der Waals surface area contributed by atoms with Crippen molar-refractivity contribution in [3.8, 4) is 0 Å². The number of hydrogen-bond donors (Lipinski definition) is 0. The predicted molar refractivity (Wildman–Crippen MR) is 85.0 cm³/mol. The van der Waals surface area contributed by atoms with Gasteiger partial charge in [-0.25, -0.2) is 0 Å². The van der Waals surface area contributed by atoms with Crippen molar-refractivity contribution in [3.05, 3.63) is 62.2 Å². The van der Waals surface area contributed by atoms with Crippen LogP contribution in [0.5, 0.6) is 0 Å². The van der Waals surface area contributed by atoms with Crippen molar-refractivity contribution in [2.75, 3.05) is 4.90 Å². The van der Waals surface area contributed by atoms with Crippen LogP contribution in [0, 0.1) is 17.4 Å². The van der Waals surface area contributed by atoms with Gasteiger partial charge in [0, 0.05) is 22.3 Å². The molecule has 0 aromatic heterocycles. The molecule has 0 saturated heterocycles. The average Bonchev–Trinajstić information content (AvgIpc) is 2.73. The summed E-state index contributed by atoms with van der Waals surface area (Å²) in [5.74, 6) is 0. The minimum atomic E-state index is 1.04. The normalized spacial score (nSPS) is 13.8. The van der Waals surface area contributed by atoms with Crippen LogP contribution in [0.4, 0.5) is 5.69 Å². The van der Waals surface area contributed by atoms with E-state index < -0.39 is 0 Å². The first kappa shape index (κ1) is 12.0. The third-order valence-corrected chi connectivity index (χ3v) is 4.45. The number of nitrogens with zero attached hydrogens (tertiary/aromatic N) is 1. The second-order valence-corrected chi connectivity index (χ2v) is 6.28. The van der Waals surface area contributed by atoms with Crippen molar-refractivity contribution in [2.45, 2.75) is 26.9 Å². The Hall–Kier alpha value is -1.03. The number of hydrogen-bond acceptors (Lipinski definition) is 1. The lowest BCUT2D eigenvalue weighted by Gasteiger charge is -2.17. The van der Waals surface area contributed by atoms with Gasteiger partial charge in [0.25, 0.3) is 0 Å². The largest absolute Gasteiger partial charge is 0.363 e. The highest BCUT2D eigenvalue weighted by Crippen LogP contribution is 2.30. The summed E-state index contributed by atoms with van der Waals surface area (Å²) in [6, 6.07) is 13.5. The molecule has 0 spiro atoms. The van der Waals surface area contributed by atoms with Crippen LogP contribution >= 0.6 is 22.6 Å². The summed E-state index contributed by atoms with van der Waals surface area (Å²) in [6.07, 6.45) is 0. The van der Waals surface area contributed by atoms with E-state index in [2.05, 4.69) is 77.7 Å². The molecule has 0 saturated carbocycles. The van der Waals surface area contributed by atoms with Crippen molar-refractivity contribution in [1.29, 1.82) is 0 Å². The van der Waals surface area contributed by atoms with E-state index in [-0.39, 0.29) is 0 Å². The maximum atomic E-state index is 2.44. The van der Waals surface area contributed by atoms with Crippen LogP contribution < -0.4 is 4.90 Å². The molecule has 1 aliphatic heterocycles. The second kappa shape index (κ2) is 4.57. The highest BCUT2D eigenvalue weighted by molar-refractivity contribution is 14.1. The van der Waals surface area contributed by atoms with Crippen LogP contribution in [0.15, 0.2) is 36.4 Å². The quantitative estimate of drug-likeness (QED) is 0.689. The number of aryl methyl sites for hydroxylation is 2. The highest BCUT2D eigenvalue weighted by Gasteiger charge is 2.19. The van der Waals surface area contributed by atoms with Crippen LogP contribution in [0.3, 0.4) is 0 Å². The van der Waals surface area contributed by atoms with Gasteiger partial charge in [0.15, 0.2) is 0 Å². The summed E-state index contributed by atoms with van der Waals surface area (Å²) < 4.78 is 1.29. The Morgan fingerprint density at radius 2 is 1.39 bits per heavy atom. The van der Waals surface area contributed by atoms with Crippen LogP contribution in [0.2, 0.25) is 0 Å². The third kappa shape index (κ3) is 2.14. The van der Waals surface area contributed by atoms with Crippen molar-refractivity contribution >= 4 is 28.3 Å². The van der Waals surface area contributed by atoms with Gasteiger partial charge in [-0.2, -0.15) is 0 Å². The lowest BCUT2D eigenvalue weighted by Crippen LogP contribution is -2.14. The van der Waals surface area contributed by atoms with E-state index >= 15 is 0 Å². The molecular weight excluding hydrogens is 333 g/mol. The van der Waals surface area contributed by atoms with Crippen molar-refractivity contribution in [3.63, 3.8) is 0 Å². The Bertz CT molecular complexity index is 556. The Morgan fingerprint density at radius 3 is 1.89 bits per heavy atom. The molecule has 0 bridgehead atoms. The molecule has 2 aromatic carbocycles. The molecule has 0 atom stereocenters. The molecule has 0 N–H and O–H groups in total. The van der Waals surface area contributed by atoms with Gasteiger partial charge < -0.3 is 4.90 Å². The number of anilines is 1. The zero-order chi connectivity index (χ0) is 12.7. The van der Waals surface area contributed by atoms with Crippen LogP contribution in [-0.4, -0.2) is 0 Å². The molecule has 0 unspecified atom stereocenters. The topological polar surface area (TPSA) is 3.24 Å².